The number of rotatable bonds is 35. The smallest absolute Gasteiger partial charge is 0.410 e. The lowest BCUT2D eigenvalue weighted by Crippen LogP contribution is -2.75. The molecule has 4 fully saturated rings. The van der Waals surface area contributed by atoms with E-state index in [1.807, 2.05) is 24.3 Å². The van der Waals surface area contributed by atoms with Crippen LogP contribution >= 0.6 is 0 Å². The Labute approximate surface area is 624 Å². The number of hydrogen-bond acceptors (Lipinski definition) is 24. The minimum Gasteiger partial charge on any atom is -0.497 e. The van der Waals surface area contributed by atoms with Gasteiger partial charge in [-0.25, -0.2) is 14.0 Å². The monoisotopic (exact) mass is 1510 g/mol. The van der Waals surface area contributed by atoms with Gasteiger partial charge in [0.15, 0.2) is 25.0 Å². The highest BCUT2D eigenvalue weighted by Crippen LogP contribution is 2.40. The number of aliphatic hydroxyl groups is 5. The molecule has 0 bridgehead atoms. The summed E-state index contributed by atoms with van der Waals surface area (Å²) in [4.78, 5) is 57.9. The summed E-state index contributed by atoms with van der Waals surface area (Å²) in [5.41, 5.74) is 42.2. The van der Waals surface area contributed by atoms with E-state index in [9.17, 15) is 51.7 Å². The Hall–Kier alpha value is -10.3. The van der Waals surface area contributed by atoms with Gasteiger partial charge >= 0.3 is 12.2 Å². The molecule has 578 valence electrons. The second-order valence-corrected chi connectivity index (χ2v) is 25.9. The number of nitrogens with zero attached hydrogens (tertiary/aromatic N) is 13. The van der Waals surface area contributed by atoms with E-state index in [2.05, 4.69) is 50.7 Å². The molecule has 35 nitrogen and oxygen atoms in total. The molecule has 3 amide bonds. The first-order valence-electron chi connectivity index (χ1n) is 34.9. The van der Waals surface area contributed by atoms with Gasteiger partial charge in [-0.2, -0.15) is 0 Å². The third kappa shape index (κ3) is 21.8. The fourth-order valence-electron chi connectivity index (χ4n) is 13.1. The summed E-state index contributed by atoms with van der Waals surface area (Å²) < 4.78 is 93.0. The van der Waals surface area contributed by atoms with Crippen molar-refractivity contribution in [1.82, 2.24) is 15.5 Å². The van der Waals surface area contributed by atoms with E-state index in [1.165, 1.54) is 12.0 Å². The minimum atomic E-state index is -2.39. The van der Waals surface area contributed by atoms with Crippen molar-refractivity contribution in [3.05, 3.63) is 251 Å². The van der Waals surface area contributed by atoms with E-state index >= 15 is 9.18 Å². The normalized spacial score (nSPS) is 27.9. The average Bonchev–Trinajstić information content (AvgIpc) is 1.69. The van der Waals surface area contributed by atoms with Crippen molar-refractivity contribution in [2.45, 2.75) is 188 Å². The molecule has 36 heteroatoms. The van der Waals surface area contributed by atoms with Gasteiger partial charge in [0.05, 0.1) is 89.1 Å². The van der Waals surface area contributed by atoms with Crippen LogP contribution in [0.25, 0.3) is 41.8 Å². The summed E-state index contributed by atoms with van der Waals surface area (Å²) in [6.45, 7) is -2.27. The second kappa shape index (κ2) is 40.8. The number of carbonyl (C=O) groups excluding carboxylic acids is 3. The zero-order valence-corrected chi connectivity index (χ0v) is 59.1. The van der Waals surface area contributed by atoms with Gasteiger partial charge in [0.2, 0.25) is 0 Å². The van der Waals surface area contributed by atoms with E-state index in [0.29, 0.717) is 33.6 Å². The van der Waals surface area contributed by atoms with Crippen LogP contribution in [-0.2, 0) is 96.5 Å². The van der Waals surface area contributed by atoms with Crippen molar-refractivity contribution in [2.24, 2.45) is 20.5 Å². The Morgan fingerprint density at radius 3 is 1.68 bits per heavy atom. The van der Waals surface area contributed by atoms with Crippen molar-refractivity contribution < 1.29 is 101 Å². The van der Waals surface area contributed by atoms with Crippen LogP contribution in [0.3, 0.4) is 0 Å². The van der Waals surface area contributed by atoms with Gasteiger partial charge in [-0.1, -0.05) is 184 Å². The number of amides is 3. The van der Waals surface area contributed by atoms with Gasteiger partial charge in [-0.3, -0.25) is 9.69 Å². The molecule has 3 saturated heterocycles. The quantitative estimate of drug-likeness (QED) is 0.0112. The van der Waals surface area contributed by atoms with Crippen LogP contribution in [0.1, 0.15) is 46.7 Å². The SMILES string of the molecule is COc1ccc(CO[C@H](C(=O)N[C@H]2[C@H](O)[C@@H](O[C@@H]3O[C@H](CO)[C@@H](O[C@H]4O[C@@H](CN=[N+]=[N-])[C@@H](O)[C@H](O)[C@H]4N=[N+]=[N-])[C@H]3O)[C@H](O[C@H]3O[C@H]([C@@H](C)N(Cc4ccccc4)C(=O)OCc4ccccc4)[C@@H](OCc4ccccc4)C[C@H]3N=[N+]=[N-])[C@@H](NC(=O)OCc3ccccc3)[C@@H]2OCc2ccccc2)[C@H](F)CN=[N+]=[N-])cc1. The van der Waals surface area contributed by atoms with Crippen LogP contribution in [0.5, 0.6) is 5.75 Å². The van der Waals surface area contributed by atoms with Crippen LogP contribution in [0.15, 0.2) is 196 Å². The topological polar surface area (TPSA) is 485 Å². The largest absolute Gasteiger partial charge is 0.497 e. The van der Waals surface area contributed by atoms with Crippen molar-refractivity contribution in [2.75, 3.05) is 26.8 Å². The van der Waals surface area contributed by atoms with Gasteiger partial charge in [-0.15, -0.1) is 0 Å². The predicted octanol–water partition coefficient (Wildman–Crippen LogP) is 8.24. The van der Waals surface area contributed by atoms with Crippen LogP contribution < -0.4 is 15.4 Å². The third-order valence-electron chi connectivity index (χ3n) is 18.8. The third-order valence-corrected chi connectivity index (χ3v) is 18.8. The lowest BCUT2D eigenvalue weighted by Gasteiger charge is -2.51. The second-order valence-electron chi connectivity index (χ2n) is 25.9. The Kier molecular flexibility index (Phi) is 30.4. The summed E-state index contributed by atoms with van der Waals surface area (Å²) in [6.07, 6.45) is -34.3. The number of azide groups is 4. The molecule has 7 N–H and O–H groups in total. The number of nitrogens with one attached hydrogen (secondary N) is 2. The Bertz CT molecular complexity index is 4050. The number of methoxy groups -OCH3 is 1. The average molecular weight is 1510 g/mol. The molecule has 109 heavy (non-hydrogen) atoms. The lowest BCUT2D eigenvalue weighted by molar-refractivity contribution is -0.312. The molecule has 0 radical (unpaired) electrons. The fourth-order valence-corrected chi connectivity index (χ4v) is 13.1. The van der Waals surface area contributed by atoms with Crippen LogP contribution in [0.4, 0.5) is 14.0 Å². The molecule has 0 unspecified atom stereocenters. The highest BCUT2D eigenvalue weighted by atomic mass is 19.1. The van der Waals surface area contributed by atoms with Gasteiger partial charge in [0.1, 0.15) is 86.1 Å². The molecule has 10 rings (SSSR count). The van der Waals surface area contributed by atoms with Crippen molar-refractivity contribution in [3.8, 4) is 5.75 Å². The first kappa shape index (κ1) is 81.3. The van der Waals surface area contributed by atoms with E-state index in [4.69, 9.17) is 62.4 Å². The van der Waals surface area contributed by atoms with E-state index in [-0.39, 0.29) is 39.4 Å². The van der Waals surface area contributed by atoms with Crippen molar-refractivity contribution in [1.29, 1.82) is 0 Å². The van der Waals surface area contributed by atoms with Crippen molar-refractivity contribution in [3.63, 3.8) is 0 Å². The Balaban J connectivity index is 1.11. The number of benzene rings is 6. The van der Waals surface area contributed by atoms with Gasteiger partial charge < -0.3 is 93.0 Å². The molecule has 1 saturated carbocycles. The first-order valence-corrected chi connectivity index (χ1v) is 34.9. The number of alkyl carbamates (subject to hydrolysis) is 1. The lowest BCUT2D eigenvalue weighted by atomic mass is 9.80. The zero-order valence-electron chi connectivity index (χ0n) is 59.1. The summed E-state index contributed by atoms with van der Waals surface area (Å²) in [5, 5.41) is 79.6. The van der Waals surface area contributed by atoms with Crippen molar-refractivity contribution >= 4 is 18.1 Å². The summed E-state index contributed by atoms with van der Waals surface area (Å²) >= 11 is 0. The van der Waals surface area contributed by atoms with Crippen LogP contribution in [0.2, 0.25) is 0 Å². The molecule has 4 aliphatic rings. The van der Waals surface area contributed by atoms with E-state index in [1.54, 1.807) is 159 Å². The summed E-state index contributed by atoms with van der Waals surface area (Å²) in [7, 11) is 1.45. The number of ether oxygens (including phenoxy) is 12. The Morgan fingerprint density at radius 2 is 1.10 bits per heavy atom. The molecule has 6 aromatic rings. The number of halogens is 1. The molecule has 22 atom stereocenters. The minimum absolute atomic E-state index is 0.0393. The van der Waals surface area contributed by atoms with Gasteiger partial charge in [-0.05, 0) is 81.0 Å². The number of alkyl halides is 1. The first-order chi connectivity index (χ1) is 53.0. The number of carbonyl (C=O) groups is 3. The highest BCUT2D eigenvalue weighted by Gasteiger charge is 2.59. The number of hydrogen-bond donors (Lipinski definition) is 7. The van der Waals surface area contributed by atoms with Gasteiger partial charge in [0, 0.05) is 26.2 Å². The zero-order chi connectivity index (χ0) is 77.2. The van der Waals surface area contributed by atoms with E-state index in [0.717, 1.165) is 5.56 Å². The maximum atomic E-state index is 16.8. The molecular formula is C73H84FN15O20. The van der Waals surface area contributed by atoms with Crippen LogP contribution in [-0.4, -0.2) is 210 Å². The molecule has 6 aromatic carbocycles. The molecular weight excluding hydrogens is 1430 g/mol. The fraction of sp³-hybridized carbons (Fsp3) is 0.466. The van der Waals surface area contributed by atoms with Gasteiger partial charge in [0.25, 0.3) is 5.91 Å². The maximum absolute atomic E-state index is 16.8. The maximum Gasteiger partial charge on any atom is 0.410 e. The van der Waals surface area contributed by atoms with E-state index < -0.39 is 179 Å². The Morgan fingerprint density at radius 1 is 0.560 bits per heavy atom. The standard InChI is InChI=1S/C73H84FN15O20/c1-42(89(35-43-18-8-3-9-19-43)73(97)103-41-47-26-16-7-17-27-47)62-52(99-37-44-20-10-4-11-21-44)32-51(83-87-77)69(106-62)108-66-57(82-72(96)102-40-46-24-14-6-15-25-46)65(101-38-45-22-12-5-13-23-45)55(81-68(95)63(50(74)33-79-85-75)100-39-48-28-30-49(98-2)31-29-48)60(93)67(66)109-71-61(94)64(54(36-90)105-71)107-70-56(84-88-78)59(92)58(91)53(104-70)34-80-86-76/h3-31,42,50-67,69-71,90-94H,32-41H2,1-2H3,(H,81,95)(H,82,96)/t42-,50-,51-,52+,53+,54-,55+,56-,57+,58-,59-,60+,61-,62-,63+,64-,65-,66-,67-,69-,70-,71+/m1/s1. The summed E-state index contributed by atoms with van der Waals surface area (Å²) in [6, 6.07) is 42.2. The highest BCUT2D eigenvalue weighted by molar-refractivity contribution is 5.82. The molecule has 3 heterocycles. The van der Waals surface area contributed by atoms with Crippen LogP contribution in [0, 0.1) is 0 Å². The molecule has 3 aliphatic heterocycles. The molecule has 0 spiro atoms. The summed E-state index contributed by atoms with van der Waals surface area (Å²) in [5.74, 6) is -0.838. The number of aliphatic hydroxyl groups excluding tert-OH is 5. The molecule has 0 aromatic heterocycles. The molecule has 1 aliphatic carbocycles. The predicted molar refractivity (Wildman–Crippen MR) is 380 cm³/mol.